The molecule has 1 unspecified atom stereocenters. The Morgan fingerprint density at radius 2 is 0.830 bits per heavy atom. The minimum atomic E-state index is -3.23. The van der Waals surface area contributed by atoms with E-state index in [4.69, 9.17) is 71.1 Å². The molecule has 0 saturated carbocycles. The maximum atomic E-state index is 13.3. The van der Waals surface area contributed by atoms with E-state index < -0.39 is 333 Å². The molecule has 8 fully saturated rings. The topological polar surface area (TPSA) is 737 Å². The lowest BCUT2D eigenvalue weighted by atomic mass is 9.88. The fraction of sp³-hybridized carbons (Fsp3) is 0.915. The van der Waals surface area contributed by atoms with Gasteiger partial charge in [-0.3, -0.25) is 19.2 Å². The summed E-state index contributed by atoms with van der Waals surface area (Å²) in [6.45, 7) is -3.10. The van der Waals surface area contributed by atoms with E-state index >= 15 is 0 Å². The Bertz CT molecular complexity index is 2860. The molecular formula is C59H98N4O43. The van der Waals surface area contributed by atoms with Crippen molar-refractivity contribution in [3.8, 4) is 0 Å². The highest BCUT2D eigenvalue weighted by molar-refractivity contribution is 5.78. The van der Waals surface area contributed by atoms with Crippen molar-refractivity contribution in [3.05, 3.63) is 0 Å². The monoisotopic (exact) mass is 1550 g/mol. The van der Waals surface area contributed by atoms with Crippen LogP contribution in [0.4, 0.5) is 0 Å². The van der Waals surface area contributed by atoms with E-state index in [2.05, 4.69) is 21.3 Å². The van der Waals surface area contributed by atoms with Crippen molar-refractivity contribution in [2.45, 2.75) is 292 Å². The minimum absolute atomic E-state index is 0.868. The SMILES string of the molecule is CC(=O)N[C@H]1[C@@H](O[C@H]2[C@@H](O)[C@@H](CO)O[C@@H](O[C@H]3[C@@H](O)[C@@H](CO[C@@H]4O[C@H](CO)[C@@H](O)[C@H](O)[C@H]4NC(C)=O)O[C@@H](O[C@H]4[C@@H](O)[C@@H](CO[C@]5(C(=O)O)C[C@H](O)[C@@H](NC(=O)CO)[C@H]([C@H](O)[C@H](O)CO)O5)OC(O)[C@@H]4NC(C)=O)[C@@H]3O[C@@H]3O[C@@H](C)[C@@H](O)[C@@H](O)[C@@H]3O)[C@@H]2O[C@@H]2O[C@@H](C)[C@@H](O)[C@@H](O)[C@@H]2O)O[C@H](CO)[C@H](O)[C@@H]1O. The first-order chi connectivity index (χ1) is 49.9. The molecule has 0 bridgehead atoms. The molecular weight excluding hydrogens is 1450 g/mol. The number of nitrogens with one attached hydrogen (secondary N) is 4. The van der Waals surface area contributed by atoms with E-state index in [-0.39, 0.29) is 0 Å². The third-order valence-electron chi connectivity index (χ3n) is 19.2. The number of amides is 4. The van der Waals surface area contributed by atoms with Crippen LogP contribution in [-0.4, -0.2) is 444 Å². The summed E-state index contributed by atoms with van der Waals surface area (Å²) in [5, 5.41) is 265. The predicted octanol–water partition coefficient (Wildman–Crippen LogP) is -17.6. The Morgan fingerprint density at radius 3 is 1.30 bits per heavy atom. The molecule has 27 N–H and O–H groups in total. The van der Waals surface area contributed by atoms with Crippen LogP contribution in [0.5, 0.6) is 0 Å². The van der Waals surface area contributed by atoms with Crippen LogP contribution in [0.25, 0.3) is 0 Å². The largest absolute Gasteiger partial charge is 0.477 e. The van der Waals surface area contributed by atoms with Gasteiger partial charge in [0.05, 0.1) is 64.0 Å². The summed E-state index contributed by atoms with van der Waals surface area (Å²) in [6, 6.07) is -7.58. The molecule has 47 nitrogen and oxygen atoms in total. The van der Waals surface area contributed by atoms with Gasteiger partial charge in [-0.05, 0) is 13.8 Å². The van der Waals surface area contributed by atoms with Gasteiger partial charge >= 0.3 is 5.97 Å². The predicted molar refractivity (Wildman–Crippen MR) is 327 cm³/mol. The number of carboxylic acid groups (broad SMARTS) is 1. The second-order valence-electron chi connectivity index (χ2n) is 26.8. The quantitative estimate of drug-likeness (QED) is 0.0346. The zero-order valence-electron chi connectivity index (χ0n) is 57.2. The zero-order chi connectivity index (χ0) is 78.6. The van der Waals surface area contributed by atoms with Crippen LogP contribution in [-0.2, 0) is 95.0 Å². The lowest BCUT2D eigenvalue weighted by Gasteiger charge is -2.52. The molecule has 106 heavy (non-hydrogen) atoms. The van der Waals surface area contributed by atoms with Crippen LogP contribution in [0.1, 0.15) is 41.0 Å². The Labute approximate surface area is 600 Å². The van der Waals surface area contributed by atoms with Gasteiger partial charge in [-0.1, -0.05) is 0 Å². The molecule has 0 spiro atoms. The molecule has 4 amide bonds. The van der Waals surface area contributed by atoms with Gasteiger partial charge in [0, 0.05) is 27.2 Å². The number of hydrogen-bond acceptors (Lipinski definition) is 42. The average Bonchev–Trinajstić information content (AvgIpc) is 0.762. The van der Waals surface area contributed by atoms with Gasteiger partial charge in [-0.15, -0.1) is 0 Å². The number of carboxylic acids is 1. The van der Waals surface area contributed by atoms with Gasteiger partial charge in [0.1, 0.15) is 183 Å². The Kier molecular flexibility index (Phi) is 30.9. The van der Waals surface area contributed by atoms with E-state index in [0.717, 1.165) is 20.8 Å². The maximum absolute atomic E-state index is 13.3. The normalized spacial score (nSPS) is 47.2. The van der Waals surface area contributed by atoms with E-state index in [1.165, 1.54) is 13.8 Å². The van der Waals surface area contributed by atoms with Crippen LogP contribution in [0.2, 0.25) is 0 Å². The van der Waals surface area contributed by atoms with Gasteiger partial charge < -0.3 is 210 Å². The molecule has 8 rings (SSSR count). The summed E-state index contributed by atoms with van der Waals surface area (Å²) in [5.41, 5.74) is 0. The van der Waals surface area contributed by atoms with Gasteiger partial charge in [-0.2, -0.15) is 0 Å². The molecule has 8 aliphatic rings. The number of aliphatic hydroxyl groups is 22. The third-order valence-corrected chi connectivity index (χ3v) is 19.2. The lowest BCUT2D eigenvalue weighted by molar-refractivity contribution is -0.418. The summed E-state index contributed by atoms with van der Waals surface area (Å²) >= 11 is 0. The van der Waals surface area contributed by atoms with Crippen LogP contribution in [0.3, 0.4) is 0 Å². The van der Waals surface area contributed by atoms with Gasteiger partial charge in [0.2, 0.25) is 23.6 Å². The van der Waals surface area contributed by atoms with Crippen molar-refractivity contribution in [1.82, 2.24) is 21.3 Å². The summed E-state index contributed by atoms with van der Waals surface area (Å²) in [6.07, 6.45) is -79.2. The van der Waals surface area contributed by atoms with Gasteiger partial charge in [-0.25, -0.2) is 4.79 Å². The standard InChI is InChI=1S/C59H98N4O43/c1-14-31(75)41(85)43(87)54(94-14)104-49-47(102-53-29(61-17(4)70)40(84)35(79)22(9-66)98-53)36(80)23(10-67)99-56(49)103-48-38(82)24(12-92-52-28(60-16(3)69)39(83)34(78)21(8-65)97-52)100-57(50(48)105-55-44(88)42(86)32(76)15(2)95-55)101-45-30(62-18(5)71)51(89)96-25(37(45)81)13-93-59(58(90)91)6-19(72)27(63-26(74)11-68)46(106-59)33(77)20(73)7-64/h14-15,19-25,27-57,64-68,72-73,75-89H,6-13H2,1-5H3,(H,60,69)(H,61,70)(H,62,71)(H,63,74)(H,90,91)/t14-,15-,19-,20+,21+,22+,23+,24+,25+,27+,28+,29+,30+,31+,32+,33+,34+,35-,36-,37-,38-,39+,40+,41+,42+,43-,44-,45+,46+,47-,48-,49+,50+,51?,52+,53+,54-,55-,56-,57-,59+/m0/s1. The van der Waals surface area contributed by atoms with Gasteiger partial charge in [0.25, 0.3) is 5.79 Å². The average molecular weight is 1550 g/mol. The van der Waals surface area contributed by atoms with Crippen molar-refractivity contribution >= 4 is 29.6 Å². The fourth-order valence-corrected chi connectivity index (χ4v) is 13.4. The first-order valence-electron chi connectivity index (χ1n) is 33.6. The molecule has 612 valence electrons. The Morgan fingerprint density at radius 1 is 0.425 bits per heavy atom. The molecule has 0 aromatic heterocycles. The summed E-state index contributed by atoms with van der Waals surface area (Å²) in [4.78, 5) is 64.2. The van der Waals surface area contributed by atoms with Crippen molar-refractivity contribution in [2.75, 3.05) is 46.2 Å². The van der Waals surface area contributed by atoms with E-state index in [1.54, 1.807) is 0 Å². The minimum Gasteiger partial charge on any atom is -0.477 e. The Balaban J connectivity index is 1.27. The second-order valence-corrected chi connectivity index (χ2v) is 26.8. The maximum Gasteiger partial charge on any atom is 0.364 e. The van der Waals surface area contributed by atoms with Gasteiger partial charge in [0.15, 0.2) is 44.0 Å². The summed E-state index contributed by atoms with van der Waals surface area (Å²) in [5.74, 6) is -9.38. The molecule has 0 aliphatic carbocycles. The molecule has 0 aromatic carbocycles. The van der Waals surface area contributed by atoms with Crippen molar-refractivity contribution in [1.29, 1.82) is 0 Å². The third kappa shape index (κ3) is 19.3. The van der Waals surface area contributed by atoms with Crippen LogP contribution >= 0.6 is 0 Å². The lowest BCUT2D eigenvalue weighted by Crippen LogP contribution is -2.71. The molecule has 8 heterocycles. The first-order valence-corrected chi connectivity index (χ1v) is 33.6. The summed E-state index contributed by atoms with van der Waals surface area (Å²) < 4.78 is 90.8. The summed E-state index contributed by atoms with van der Waals surface area (Å²) in [7, 11) is 0. The molecule has 8 saturated heterocycles. The second kappa shape index (κ2) is 37.5. The molecule has 41 atom stereocenters. The fourth-order valence-electron chi connectivity index (χ4n) is 13.4. The highest BCUT2D eigenvalue weighted by Crippen LogP contribution is 2.41. The number of carbonyl (C=O) groups excluding carboxylic acids is 4. The highest BCUT2D eigenvalue weighted by Gasteiger charge is 2.62. The molecule has 47 heteroatoms. The number of hydrogen-bond donors (Lipinski definition) is 27. The smallest absolute Gasteiger partial charge is 0.364 e. The molecule has 0 radical (unpaired) electrons. The van der Waals surface area contributed by atoms with Crippen molar-refractivity contribution in [3.63, 3.8) is 0 Å². The zero-order valence-corrected chi connectivity index (χ0v) is 57.2. The Hall–Kier alpha value is -4.13. The number of carbonyl (C=O) groups is 5. The number of aliphatic carboxylic acids is 1. The van der Waals surface area contributed by atoms with E-state index in [0.29, 0.717) is 0 Å². The molecule has 8 aliphatic heterocycles. The number of rotatable bonds is 28. The van der Waals surface area contributed by atoms with E-state index in [1.807, 2.05) is 0 Å². The number of aliphatic hydroxyl groups excluding tert-OH is 22. The number of ether oxygens (including phenoxy) is 15. The van der Waals surface area contributed by atoms with Crippen LogP contribution in [0.15, 0.2) is 0 Å². The van der Waals surface area contributed by atoms with Crippen LogP contribution in [0, 0.1) is 0 Å². The highest BCUT2D eigenvalue weighted by atomic mass is 16.8. The van der Waals surface area contributed by atoms with E-state index in [9.17, 15) is 141 Å². The molecule has 0 aromatic rings. The first kappa shape index (κ1) is 87.4. The van der Waals surface area contributed by atoms with Crippen molar-refractivity contribution < 1.29 is 212 Å². The van der Waals surface area contributed by atoms with Crippen LogP contribution < -0.4 is 21.3 Å². The van der Waals surface area contributed by atoms with Crippen molar-refractivity contribution in [2.24, 2.45) is 0 Å².